The number of anilines is 1. The summed E-state index contributed by atoms with van der Waals surface area (Å²) in [7, 11) is 0. The Balaban J connectivity index is 1.86. The second kappa shape index (κ2) is 5.63. The molecule has 0 bridgehead atoms. The maximum absolute atomic E-state index is 11.2. The number of carboxylic acid groups (broad SMARTS) is 1. The minimum Gasteiger partial charge on any atom is -0.478 e. The molecule has 1 aromatic heterocycles. The zero-order valence-electron chi connectivity index (χ0n) is 11.3. The van der Waals surface area contributed by atoms with Gasteiger partial charge >= 0.3 is 5.97 Å². The number of nitrogens with one attached hydrogen (secondary N) is 1. The minimum absolute atomic E-state index is 0.273. The van der Waals surface area contributed by atoms with Gasteiger partial charge in [0.15, 0.2) is 0 Å². The molecule has 0 unspecified atom stereocenters. The van der Waals surface area contributed by atoms with Crippen molar-refractivity contribution in [3.8, 4) is 0 Å². The molecule has 0 aliphatic carbocycles. The molecule has 4 heteroatoms. The van der Waals surface area contributed by atoms with Crippen LogP contribution >= 0.6 is 0 Å². The lowest BCUT2D eigenvalue weighted by Crippen LogP contribution is -2.02. The van der Waals surface area contributed by atoms with E-state index >= 15 is 0 Å². The summed E-state index contributed by atoms with van der Waals surface area (Å²) in [4.78, 5) is 15.6. The smallest absolute Gasteiger partial charge is 0.336 e. The van der Waals surface area contributed by atoms with Gasteiger partial charge in [-0.1, -0.05) is 36.4 Å². The first-order chi connectivity index (χ1) is 10.2. The molecule has 1 heterocycles. The standard InChI is InChI=1S/C17H14N2O2/c20-17(21)14-7-4-8-15-13(14)9-10-16(19-15)18-11-12-5-2-1-3-6-12/h1-10H,11H2,(H,18,19)(H,20,21). The molecule has 0 saturated heterocycles. The van der Waals surface area contributed by atoms with Gasteiger partial charge in [-0.15, -0.1) is 0 Å². The van der Waals surface area contributed by atoms with Crippen LogP contribution in [0.4, 0.5) is 5.82 Å². The van der Waals surface area contributed by atoms with Gasteiger partial charge in [0.2, 0.25) is 0 Å². The number of nitrogens with zero attached hydrogens (tertiary/aromatic N) is 1. The van der Waals surface area contributed by atoms with Crippen molar-refractivity contribution in [2.75, 3.05) is 5.32 Å². The van der Waals surface area contributed by atoms with Crippen molar-refractivity contribution in [3.63, 3.8) is 0 Å². The molecular formula is C17H14N2O2. The van der Waals surface area contributed by atoms with Gasteiger partial charge in [-0.2, -0.15) is 0 Å². The summed E-state index contributed by atoms with van der Waals surface area (Å²) in [5.41, 5.74) is 2.11. The van der Waals surface area contributed by atoms with Gasteiger partial charge < -0.3 is 10.4 Å². The zero-order valence-corrected chi connectivity index (χ0v) is 11.3. The van der Waals surface area contributed by atoms with Gasteiger partial charge in [-0.3, -0.25) is 0 Å². The first kappa shape index (κ1) is 13.1. The molecule has 2 N–H and O–H groups in total. The number of aromatic nitrogens is 1. The van der Waals surface area contributed by atoms with E-state index in [1.807, 2.05) is 36.4 Å². The molecule has 3 aromatic rings. The molecule has 0 fully saturated rings. The Bertz CT molecular complexity index is 785. The normalized spacial score (nSPS) is 10.5. The highest BCUT2D eigenvalue weighted by atomic mass is 16.4. The van der Waals surface area contributed by atoms with Gasteiger partial charge in [0.25, 0.3) is 0 Å². The van der Waals surface area contributed by atoms with Crippen LogP contribution in [0.1, 0.15) is 15.9 Å². The lowest BCUT2D eigenvalue weighted by atomic mass is 10.1. The molecule has 3 rings (SSSR count). The second-order valence-electron chi connectivity index (χ2n) is 4.71. The van der Waals surface area contributed by atoms with Crippen LogP contribution in [0.5, 0.6) is 0 Å². The Kier molecular flexibility index (Phi) is 3.51. The van der Waals surface area contributed by atoms with E-state index in [0.717, 1.165) is 5.82 Å². The Hall–Kier alpha value is -2.88. The summed E-state index contributed by atoms with van der Waals surface area (Å²) in [5, 5.41) is 13.1. The molecule has 104 valence electrons. The predicted molar refractivity (Wildman–Crippen MR) is 82.5 cm³/mol. The molecule has 0 atom stereocenters. The van der Waals surface area contributed by atoms with Crippen molar-refractivity contribution in [1.82, 2.24) is 4.98 Å². The van der Waals surface area contributed by atoms with Crippen LogP contribution in [-0.4, -0.2) is 16.1 Å². The summed E-state index contributed by atoms with van der Waals surface area (Å²) < 4.78 is 0. The number of hydrogen-bond acceptors (Lipinski definition) is 3. The molecular weight excluding hydrogens is 264 g/mol. The maximum atomic E-state index is 11.2. The van der Waals surface area contributed by atoms with Crippen LogP contribution in [0.2, 0.25) is 0 Å². The Morgan fingerprint density at radius 1 is 1.00 bits per heavy atom. The van der Waals surface area contributed by atoms with Crippen LogP contribution in [0.3, 0.4) is 0 Å². The van der Waals surface area contributed by atoms with Crippen molar-refractivity contribution in [1.29, 1.82) is 0 Å². The highest BCUT2D eigenvalue weighted by Gasteiger charge is 2.08. The van der Waals surface area contributed by atoms with Gasteiger partial charge in [0.1, 0.15) is 5.82 Å². The number of carbonyl (C=O) groups is 1. The van der Waals surface area contributed by atoms with Crippen LogP contribution in [0.15, 0.2) is 60.7 Å². The Morgan fingerprint density at radius 3 is 2.57 bits per heavy atom. The first-order valence-electron chi connectivity index (χ1n) is 6.65. The number of rotatable bonds is 4. The molecule has 0 aliphatic rings. The predicted octanol–water partition coefficient (Wildman–Crippen LogP) is 3.55. The van der Waals surface area contributed by atoms with E-state index < -0.39 is 5.97 Å². The molecule has 4 nitrogen and oxygen atoms in total. The van der Waals surface area contributed by atoms with Crippen molar-refractivity contribution in [3.05, 3.63) is 71.8 Å². The number of aromatic carboxylic acids is 1. The summed E-state index contributed by atoms with van der Waals surface area (Å²) in [6.07, 6.45) is 0. The van der Waals surface area contributed by atoms with E-state index in [4.69, 9.17) is 5.11 Å². The minimum atomic E-state index is -0.938. The Labute approximate surface area is 122 Å². The van der Waals surface area contributed by atoms with Gasteiger partial charge in [-0.25, -0.2) is 9.78 Å². The van der Waals surface area contributed by atoms with Crippen LogP contribution in [0, 0.1) is 0 Å². The summed E-state index contributed by atoms with van der Waals surface area (Å²) in [6, 6.07) is 18.7. The zero-order chi connectivity index (χ0) is 14.7. The third-order valence-corrected chi connectivity index (χ3v) is 3.28. The van der Waals surface area contributed by atoms with Crippen LogP contribution < -0.4 is 5.32 Å². The molecule has 21 heavy (non-hydrogen) atoms. The highest BCUT2D eigenvalue weighted by molar-refractivity contribution is 6.02. The van der Waals surface area contributed by atoms with E-state index in [9.17, 15) is 4.79 Å². The number of benzene rings is 2. The van der Waals surface area contributed by atoms with E-state index in [1.165, 1.54) is 5.56 Å². The third-order valence-electron chi connectivity index (χ3n) is 3.28. The summed E-state index contributed by atoms with van der Waals surface area (Å²) in [6.45, 7) is 0.679. The van der Waals surface area contributed by atoms with E-state index in [2.05, 4.69) is 10.3 Å². The monoisotopic (exact) mass is 278 g/mol. The van der Waals surface area contributed by atoms with Crippen molar-refractivity contribution in [2.45, 2.75) is 6.54 Å². The second-order valence-corrected chi connectivity index (χ2v) is 4.71. The van der Waals surface area contributed by atoms with Crippen LogP contribution in [-0.2, 0) is 6.54 Å². The van der Waals surface area contributed by atoms with Gasteiger partial charge in [-0.05, 0) is 29.8 Å². The third kappa shape index (κ3) is 2.84. The molecule has 2 aromatic carbocycles. The number of pyridine rings is 1. The largest absolute Gasteiger partial charge is 0.478 e. The highest BCUT2D eigenvalue weighted by Crippen LogP contribution is 2.19. The fourth-order valence-corrected chi connectivity index (χ4v) is 2.23. The molecule has 0 saturated carbocycles. The van der Waals surface area contributed by atoms with Gasteiger partial charge in [0.05, 0.1) is 11.1 Å². The van der Waals surface area contributed by atoms with Gasteiger partial charge in [0, 0.05) is 11.9 Å². The average molecular weight is 278 g/mol. The lowest BCUT2D eigenvalue weighted by molar-refractivity contribution is 0.0699. The van der Waals surface area contributed by atoms with E-state index in [-0.39, 0.29) is 5.56 Å². The first-order valence-corrected chi connectivity index (χ1v) is 6.65. The topological polar surface area (TPSA) is 62.2 Å². The molecule has 0 amide bonds. The molecule has 0 aliphatic heterocycles. The lowest BCUT2D eigenvalue weighted by Gasteiger charge is -2.08. The summed E-state index contributed by atoms with van der Waals surface area (Å²) in [5.74, 6) is -0.207. The maximum Gasteiger partial charge on any atom is 0.336 e. The van der Waals surface area contributed by atoms with Crippen molar-refractivity contribution < 1.29 is 9.90 Å². The quantitative estimate of drug-likeness (QED) is 0.766. The number of hydrogen-bond donors (Lipinski definition) is 2. The number of fused-ring (bicyclic) bond motifs is 1. The summed E-state index contributed by atoms with van der Waals surface area (Å²) >= 11 is 0. The molecule has 0 spiro atoms. The van der Waals surface area contributed by atoms with Crippen molar-refractivity contribution >= 4 is 22.7 Å². The molecule has 0 radical (unpaired) electrons. The van der Waals surface area contributed by atoms with E-state index in [0.29, 0.717) is 17.4 Å². The average Bonchev–Trinajstić information content (AvgIpc) is 2.53. The fraction of sp³-hybridized carbons (Fsp3) is 0.0588. The van der Waals surface area contributed by atoms with E-state index in [1.54, 1.807) is 24.3 Å². The fourth-order valence-electron chi connectivity index (χ4n) is 2.23. The SMILES string of the molecule is O=C(O)c1cccc2nc(NCc3ccccc3)ccc12. The van der Waals surface area contributed by atoms with Crippen molar-refractivity contribution in [2.24, 2.45) is 0 Å². The Morgan fingerprint density at radius 2 is 1.81 bits per heavy atom. The van der Waals surface area contributed by atoms with Crippen LogP contribution in [0.25, 0.3) is 10.9 Å². The number of carboxylic acids is 1.